The van der Waals surface area contributed by atoms with Gasteiger partial charge in [-0.1, -0.05) is 0 Å². The normalized spacial score (nSPS) is 57.5. The van der Waals surface area contributed by atoms with Crippen molar-refractivity contribution >= 4 is 5.97 Å². The Bertz CT molecular complexity index is 236. The van der Waals surface area contributed by atoms with Gasteiger partial charge in [-0.25, -0.2) is 4.79 Å². The third-order valence-corrected chi connectivity index (χ3v) is 2.55. The third-order valence-electron chi connectivity index (χ3n) is 2.55. The maximum absolute atomic E-state index is 10.9. The molecule has 5 atom stereocenters. The van der Waals surface area contributed by atoms with Crippen molar-refractivity contribution in [1.29, 1.82) is 0 Å². The molecule has 0 amide bonds. The maximum Gasteiger partial charge on any atom is 0.332 e. The largest absolute Gasteiger partial charge is 0.455 e. The second-order valence-electron chi connectivity index (χ2n) is 3.18. The minimum atomic E-state index is -1.84. The van der Waals surface area contributed by atoms with Crippen LogP contribution in [0.4, 0.5) is 0 Å². The summed E-state index contributed by atoms with van der Waals surface area (Å²) in [6.45, 7) is 0. The molecule has 1 saturated carbocycles. The summed E-state index contributed by atoms with van der Waals surface area (Å²) >= 11 is 0. The summed E-state index contributed by atoms with van der Waals surface area (Å²) in [5, 5.41) is 27.7. The molecule has 6 heteroatoms. The highest BCUT2D eigenvalue weighted by atomic mass is 16.6. The van der Waals surface area contributed by atoms with E-state index in [0.717, 1.165) is 0 Å². The molecule has 2 fully saturated rings. The van der Waals surface area contributed by atoms with Crippen LogP contribution in [0.5, 0.6) is 0 Å². The summed E-state index contributed by atoms with van der Waals surface area (Å²) in [7, 11) is 0. The van der Waals surface area contributed by atoms with Crippen molar-refractivity contribution in [3.63, 3.8) is 0 Å². The highest BCUT2D eigenvalue weighted by Gasteiger charge is 2.69. The van der Waals surface area contributed by atoms with Gasteiger partial charge in [-0.3, -0.25) is 0 Å². The fraction of sp³-hybridized carbons (Fsp3) is 0.833. The van der Waals surface area contributed by atoms with Gasteiger partial charge in [0.2, 0.25) is 0 Å². The second kappa shape index (κ2) is 1.97. The molecule has 1 heterocycles. The van der Waals surface area contributed by atoms with E-state index < -0.39 is 35.9 Å². The number of ether oxygens (including phenoxy) is 1. The lowest BCUT2D eigenvalue weighted by molar-refractivity contribution is -0.167. The van der Waals surface area contributed by atoms with Crippen molar-refractivity contribution in [2.45, 2.75) is 30.0 Å². The SMILES string of the molecule is N[C@@]12C(=O)O[C@@H]([C@H](O)[C@H]1O)[C@@H]2O. The Morgan fingerprint density at radius 3 is 2.25 bits per heavy atom. The molecule has 2 bridgehead atoms. The quantitative estimate of drug-likeness (QED) is 0.287. The Hall–Kier alpha value is -0.690. The molecule has 1 saturated heterocycles. The van der Waals surface area contributed by atoms with Crippen molar-refractivity contribution in [3.8, 4) is 0 Å². The number of hydrogen-bond donors (Lipinski definition) is 4. The molecule has 12 heavy (non-hydrogen) atoms. The predicted octanol–water partition coefficient (Wildman–Crippen LogP) is -3.29. The van der Waals surface area contributed by atoms with Crippen molar-refractivity contribution in [2.24, 2.45) is 5.73 Å². The molecule has 5 N–H and O–H groups in total. The molecule has 2 rings (SSSR count). The van der Waals surface area contributed by atoms with Gasteiger partial charge >= 0.3 is 5.97 Å². The number of aliphatic hydroxyl groups is 3. The van der Waals surface area contributed by atoms with Crippen LogP contribution in [-0.4, -0.2) is 51.2 Å². The fourth-order valence-corrected chi connectivity index (χ4v) is 1.70. The van der Waals surface area contributed by atoms with Gasteiger partial charge in [-0.05, 0) is 0 Å². The summed E-state index contributed by atoms with van der Waals surface area (Å²) in [5.41, 5.74) is 3.54. The van der Waals surface area contributed by atoms with E-state index in [0.29, 0.717) is 0 Å². The lowest BCUT2D eigenvalue weighted by Gasteiger charge is -2.27. The highest BCUT2D eigenvalue weighted by Crippen LogP contribution is 2.38. The van der Waals surface area contributed by atoms with E-state index in [-0.39, 0.29) is 0 Å². The Morgan fingerprint density at radius 1 is 1.33 bits per heavy atom. The summed E-state index contributed by atoms with van der Waals surface area (Å²) in [5.74, 6) is -0.863. The monoisotopic (exact) mass is 175 g/mol. The van der Waals surface area contributed by atoms with Gasteiger partial charge in [0.1, 0.15) is 18.3 Å². The molecule has 0 aromatic rings. The van der Waals surface area contributed by atoms with Crippen LogP contribution in [0.3, 0.4) is 0 Å². The third kappa shape index (κ3) is 0.579. The van der Waals surface area contributed by atoms with Gasteiger partial charge in [-0.2, -0.15) is 0 Å². The zero-order chi connectivity index (χ0) is 9.09. The standard InChI is InChI=1S/C6H9NO5/c7-6-3(9)1(8)2(4(6)10)12-5(6)11/h1-4,8-10H,7H2/t1-,2-,3+,4-,6-/m0/s1. The lowest BCUT2D eigenvalue weighted by Crippen LogP contribution is -2.61. The molecule has 0 aromatic heterocycles. The van der Waals surface area contributed by atoms with Crippen molar-refractivity contribution in [3.05, 3.63) is 0 Å². The van der Waals surface area contributed by atoms with Crippen LogP contribution in [0.15, 0.2) is 0 Å². The van der Waals surface area contributed by atoms with Crippen LogP contribution < -0.4 is 5.73 Å². The zero-order valence-corrected chi connectivity index (χ0v) is 6.04. The van der Waals surface area contributed by atoms with Crippen molar-refractivity contribution in [1.82, 2.24) is 0 Å². The summed E-state index contributed by atoms with van der Waals surface area (Å²) < 4.78 is 4.53. The Balaban J connectivity index is 2.44. The van der Waals surface area contributed by atoms with Crippen LogP contribution in [-0.2, 0) is 9.53 Å². The molecule has 2 aliphatic rings. The van der Waals surface area contributed by atoms with Crippen molar-refractivity contribution in [2.75, 3.05) is 0 Å². The fourth-order valence-electron chi connectivity index (χ4n) is 1.70. The first-order valence-electron chi connectivity index (χ1n) is 3.53. The van der Waals surface area contributed by atoms with Crippen molar-refractivity contribution < 1.29 is 24.9 Å². The molecule has 0 spiro atoms. The first-order chi connectivity index (χ1) is 5.49. The van der Waals surface area contributed by atoms with E-state index >= 15 is 0 Å². The molecular weight excluding hydrogens is 166 g/mol. The first kappa shape index (κ1) is 7.93. The zero-order valence-electron chi connectivity index (χ0n) is 6.04. The van der Waals surface area contributed by atoms with E-state index in [9.17, 15) is 20.1 Å². The number of nitrogens with two attached hydrogens (primary N) is 1. The highest BCUT2D eigenvalue weighted by molar-refractivity contribution is 5.86. The minimum absolute atomic E-state index is 0.863. The molecular formula is C6H9NO5. The first-order valence-corrected chi connectivity index (χ1v) is 3.53. The molecule has 6 nitrogen and oxygen atoms in total. The summed E-state index contributed by atoms with van der Waals surface area (Å²) in [6.07, 6.45) is -5.14. The van der Waals surface area contributed by atoms with Gasteiger partial charge in [0, 0.05) is 0 Å². The van der Waals surface area contributed by atoms with Gasteiger partial charge in [-0.15, -0.1) is 0 Å². The molecule has 1 aliphatic carbocycles. The van der Waals surface area contributed by atoms with Crippen LogP contribution in [0.1, 0.15) is 0 Å². The number of rotatable bonds is 0. The number of hydrogen-bond acceptors (Lipinski definition) is 6. The summed E-state index contributed by atoms with van der Waals surface area (Å²) in [4.78, 5) is 10.9. The molecule has 0 aromatic carbocycles. The number of aliphatic hydroxyl groups excluding tert-OH is 3. The second-order valence-corrected chi connectivity index (χ2v) is 3.18. The van der Waals surface area contributed by atoms with Gasteiger partial charge < -0.3 is 25.8 Å². The smallest absolute Gasteiger partial charge is 0.332 e. The summed E-state index contributed by atoms with van der Waals surface area (Å²) in [6, 6.07) is 0. The molecule has 0 unspecified atom stereocenters. The molecule has 1 aliphatic heterocycles. The number of esters is 1. The number of fused-ring (bicyclic) bond motifs is 2. The van der Waals surface area contributed by atoms with Crippen LogP contribution in [0.25, 0.3) is 0 Å². The lowest BCUT2D eigenvalue weighted by atomic mass is 9.95. The van der Waals surface area contributed by atoms with Gasteiger partial charge in [0.05, 0.1) is 0 Å². The van der Waals surface area contributed by atoms with E-state index in [1.54, 1.807) is 0 Å². The average Bonchev–Trinajstić information content (AvgIpc) is 2.33. The Morgan fingerprint density at radius 2 is 1.92 bits per heavy atom. The number of carbonyl (C=O) groups excluding carboxylic acids is 1. The topological polar surface area (TPSA) is 113 Å². The van der Waals surface area contributed by atoms with E-state index in [1.165, 1.54) is 0 Å². The molecule has 68 valence electrons. The Labute approximate surface area is 67.5 Å². The average molecular weight is 175 g/mol. The predicted molar refractivity (Wildman–Crippen MR) is 34.8 cm³/mol. The Kier molecular flexibility index (Phi) is 1.30. The maximum atomic E-state index is 10.9. The van der Waals surface area contributed by atoms with Crippen LogP contribution >= 0.6 is 0 Å². The van der Waals surface area contributed by atoms with Crippen LogP contribution in [0, 0.1) is 0 Å². The van der Waals surface area contributed by atoms with E-state index in [4.69, 9.17) is 5.73 Å². The van der Waals surface area contributed by atoms with Gasteiger partial charge in [0.15, 0.2) is 11.6 Å². The van der Waals surface area contributed by atoms with E-state index in [1.807, 2.05) is 0 Å². The minimum Gasteiger partial charge on any atom is -0.455 e. The van der Waals surface area contributed by atoms with Crippen LogP contribution in [0.2, 0.25) is 0 Å². The van der Waals surface area contributed by atoms with E-state index in [2.05, 4.69) is 4.74 Å². The number of carbonyl (C=O) groups is 1. The molecule has 0 radical (unpaired) electrons. The van der Waals surface area contributed by atoms with Gasteiger partial charge in [0.25, 0.3) is 0 Å².